The van der Waals surface area contributed by atoms with Crippen molar-refractivity contribution in [2.24, 2.45) is 0 Å². The number of hydrogen-bond donors (Lipinski definition) is 0. The molecule has 1 aliphatic rings. The molecule has 0 fully saturated rings. The number of carbonyl (C=O) groups excluding carboxylic acids is 2. The van der Waals surface area contributed by atoms with Gasteiger partial charge in [-0.1, -0.05) is 17.7 Å². The number of rotatable bonds is 6. The Kier molecular flexibility index (Phi) is 5.81. The van der Waals surface area contributed by atoms with Crippen molar-refractivity contribution in [2.75, 3.05) is 19.9 Å². The molecule has 3 rings (SSSR count). The zero-order valence-electron chi connectivity index (χ0n) is 14.5. The monoisotopic (exact) mass is 393 g/mol. The van der Waals surface area contributed by atoms with Crippen molar-refractivity contribution in [3.8, 4) is 11.5 Å². The van der Waals surface area contributed by atoms with Gasteiger partial charge in [-0.25, -0.2) is 9.18 Å². The van der Waals surface area contributed by atoms with Gasteiger partial charge in [-0.2, -0.15) is 0 Å². The molecule has 142 valence electrons. The SMILES string of the molecule is CCN(Cc1ccc2c(c1)OCO2)C(=O)COC(=O)c1cc(Cl)ccc1F. The lowest BCUT2D eigenvalue weighted by Gasteiger charge is -2.21. The Bertz CT molecular complexity index is 873. The molecule has 0 saturated carbocycles. The number of carbonyl (C=O) groups is 2. The Morgan fingerprint density at radius 1 is 1.19 bits per heavy atom. The minimum atomic E-state index is -0.942. The quantitative estimate of drug-likeness (QED) is 0.704. The first-order valence-electron chi connectivity index (χ1n) is 8.26. The summed E-state index contributed by atoms with van der Waals surface area (Å²) >= 11 is 5.76. The summed E-state index contributed by atoms with van der Waals surface area (Å²) in [6, 6.07) is 8.95. The Labute approximate surface area is 160 Å². The Hall–Kier alpha value is -2.80. The maximum Gasteiger partial charge on any atom is 0.341 e. The van der Waals surface area contributed by atoms with Crippen molar-refractivity contribution in [3.05, 3.63) is 58.4 Å². The molecule has 0 radical (unpaired) electrons. The van der Waals surface area contributed by atoms with Gasteiger partial charge in [-0.15, -0.1) is 0 Å². The Morgan fingerprint density at radius 3 is 2.74 bits per heavy atom. The first-order chi connectivity index (χ1) is 13.0. The van der Waals surface area contributed by atoms with E-state index in [1.54, 1.807) is 12.1 Å². The fraction of sp³-hybridized carbons (Fsp3) is 0.263. The average Bonchev–Trinajstić information content (AvgIpc) is 3.13. The van der Waals surface area contributed by atoms with Crippen molar-refractivity contribution >= 4 is 23.5 Å². The van der Waals surface area contributed by atoms with E-state index in [1.807, 2.05) is 13.0 Å². The highest BCUT2D eigenvalue weighted by atomic mass is 35.5. The predicted molar refractivity (Wildman–Crippen MR) is 95.3 cm³/mol. The number of ether oxygens (including phenoxy) is 3. The van der Waals surface area contributed by atoms with Crippen LogP contribution in [0.15, 0.2) is 36.4 Å². The third kappa shape index (κ3) is 4.49. The fourth-order valence-corrected chi connectivity index (χ4v) is 2.76. The van der Waals surface area contributed by atoms with Crippen LogP contribution >= 0.6 is 11.6 Å². The maximum atomic E-state index is 13.7. The topological polar surface area (TPSA) is 65.1 Å². The summed E-state index contributed by atoms with van der Waals surface area (Å²) in [6.45, 7) is 2.21. The van der Waals surface area contributed by atoms with Crippen LogP contribution in [0.1, 0.15) is 22.8 Å². The van der Waals surface area contributed by atoms with E-state index >= 15 is 0 Å². The van der Waals surface area contributed by atoms with Gasteiger partial charge in [0, 0.05) is 18.1 Å². The standard InChI is InChI=1S/C19H17ClFNO5/c1-2-22(9-12-3-6-16-17(7-12)27-11-26-16)18(23)10-25-19(24)14-8-13(20)4-5-15(14)21/h3-8H,2,9-11H2,1H3. The lowest BCUT2D eigenvalue weighted by molar-refractivity contribution is -0.135. The smallest absolute Gasteiger partial charge is 0.341 e. The van der Waals surface area contributed by atoms with E-state index < -0.39 is 24.3 Å². The zero-order valence-corrected chi connectivity index (χ0v) is 15.3. The van der Waals surface area contributed by atoms with Gasteiger partial charge in [0.15, 0.2) is 18.1 Å². The van der Waals surface area contributed by atoms with Gasteiger partial charge in [-0.3, -0.25) is 4.79 Å². The molecule has 0 saturated heterocycles. The summed E-state index contributed by atoms with van der Waals surface area (Å²) in [4.78, 5) is 25.9. The van der Waals surface area contributed by atoms with Gasteiger partial charge in [0.2, 0.25) is 6.79 Å². The Morgan fingerprint density at radius 2 is 1.96 bits per heavy atom. The molecule has 1 aliphatic heterocycles. The maximum absolute atomic E-state index is 13.7. The van der Waals surface area contributed by atoms with Gasteiger partial charge >= 0.3 is 5.97 Å². The second-order valence-electron chi connectivity index (χ2n) is 5.80. The molecule has 1 heterocycles. The number of amides is 1. The van der Waals surface area contributed by atoms with Crippen LogP contribution in [0.2, 0.25) is 5.02 Å². The second-order valence-corrected chi connectivity index (χ2v) is 6.23. The molecule has 0 spiro atoms. The number of hydrogen-bond acceptors (Lipinski definition) is 5. The van der Waals surface area contributed by atoms with Crippen LogP contribution in [0.4, 0.5) is 4.39 Å². The minimum Gasteiger partial charge on any atom is -0.454 e. The second kappa shape index (κ2) is 8.26. The molecule has 0 atom stereocenters. The third-order valence-electron chi connectivity index (χ3n) is 4.02. The predicted octanol–water partition coefficient (Wildman–Crippen LogP) is 3.41. The molecule has 1 amide bonds. The van der Waals surface area contributed by atoms with Crippen LogP contribution in [-0.4, -0.2) is 36.7 Å². The lowest BCUT2D eigenvalue weighted by Crippen LogP contribution is -2.34. The summed E-state index contributed by atoms with van der Waals surface area (Å²) in [6.07, 6.45) is 0. The van der Waals surface area contributed by atoms with Gasteiger partial charge < -0.3 is 19.1 Å². The van der Waals surface area contributed by atoms with Crippen LogP contribution in [-0.2, 0) is 16.1 Å². The van der Waals surface area contributed by atoms with Crippen LogP contribution in [0.25, 0.3) is 0 Å². The van der Waals surface area contributed by atoms with E-state index in [0.29, 0.717) is 24.6 Å². The van der Waals surface area contributed by atoms with Crippen LogP contribution in [0.5, 0.6) is 11.5 Å². The van der Waals surface area contributed by atoms with Crippen LogP contribution in [0, 0.1) is 5.82 Å². The molecule has 27 heavy (non-hydrogen) atoms. The molecule has 0 bridgehead atoms. The highest BCUT2D eigenvalue weighted by molar-refractivity contribution is 6.30. The van der Waals surface area contributed by atoms with Gasteiger partial charge in [0.1, 0.15) is 5.82 Å². The molecule has 0 N–H and O–H groups in total. The van der Waals surface area contributed by atoms with E-state index in [-0.39, 0.29) is 17.4 Å². The number of fused-ring (bicyclic) bond motifs is 1. The highest BCUT2D eigenvalue weighted by Crippen LogP contribution is 2.32. The normalized spacial score (nSPS) is 12.0. The first-order valence-corrected chi connectivity index (χ1v) is 8.64. The number of esters is 1. The average molecular weight is 394 g/mol. The number of nitrogens with zero attached hydrogens (tertiary/aromatic N) is 1. The lowest BCUT2D eigenvalue weighted by atomic mass is 10.2. The van der Waals surface area contributed by atoms with E-state index in [9.17, 15) is 14.0 Å². The summed E-state index contributed by atoms with van der Waals surface area (Å²) in [5.41, 5.74) is 0.538. The molecule has 0 unspecified atom stereocenters. The van der Waals surface area contributed by atoms with Crippen molar-refractivity contribution in [2.45, 2.75) is 13.5 Å². The molecule has 0 aliphatic carbocycles. The summed E-state index contributed by atoms with van der Waals surface area (Å²) < 4.78 is 29.2. The largest absolute Gasteiger partial charge is 0.454 e. The zero-order chi connectivity index (χ0) is 19.4. The van der Waals surface area contributed by atoms with E-state index in [1.165, 1.54) is 11.0 Å². The molecule has 8 heteroatoms. The summed E-state index contributed by atoms with van der Waals surface area (Å²) in [5.74, 6) is -0.817. The van der Waals surface area contributed by atoms with E-state index in [4.69, 9.17) is 25.8 Å². The fourth-order valence-electron chi connectivity index (χ4n) is 2.59. The molecule has 2 aromatic rings. The summed E-state index contributed by atoms with van der Waals surface area (Å²) in [5, 5.41) is 0.202. The third-order valence-corrected chi connectivity index (χ3v) is 4.25. The number of likely N-dealkylation sites (N-methyl/N-ethyl adjacent to an activating group) is 1. The van der Waals surface area contributed by atoms with Crippen LogP contribution in [0.3, 0.4) is 0 Å². The van der Waals surface area contributed by atoms with Gasteiger partial charge in [0.25, 0.3) is 5.91 Å². The first kappa shape index (κ1) is 19.0. The van der Waals surface area contributed by atoms with Crippen molar-refractivity contribution < 1.29 is 28.2 Å². The van der Waals surface area contributed by atoms with Crippen molar-refractivity contribution in [1.82, 2.24) is 4.90 Å². The molecule has 0 aromatic heterocycles. The Balaban J connectivity index is 1.60. The minimum absolute atomic E-state index is 0.172. The highest BCUT2D eigenvalue weighted by Gasteiger charge is 2.19. The van der Waals surface area contributed by atoms with E-state index in [2.05, 4.69) is 0 Å². The van der Waals surface area contributed by atoms with E-state index in [0.717, 1.165) is 17.7 Å². The molecular weight excluding hydrogens is 377 g/mol. The van der Waals surface area contributed by atoms with Gasteiger partial charge in [0.05, 0.1) is 5.56 Å². The van der Waals surface area contributed by atoms with Crippen molar-refractivity contribution in [3.63, 3.8) is 0 Å². The van der Waals surface area contributed by atoms with Gasteiger partial charge in [-0.05, 0) is 42.8 Å². The number of benzene rings is 2. The molecular formula is C19H17ClFNO5. The number of halogens is 2. The molecule has 2 aromatic carbocycles. The van der Waals surface area contributed by atoms with Crippen LogP contribution < -0.4 is 9.47 Å². The molecule has 6 nitrogen and oxygen atoms in total. The van der Waals surface area contributed by atoms with Crippen molar-refractivity contribution in [1.29, 1.82) is 0 Å². The summed E-state index contributed by atoms with van der Waals surface area (Å²) in [7, 11) is 0.